The van der Waals surface area contributed by atoms with E-state index in [1.54, 1.807) is 18.3 Å². The van der Waals surface area contributed by atoms with Gasteiger partial charge in [0.2, 0.25) is 17.6 Å². The van der Waals surface area contributed by atoms with E-state index in [-0.39, 0.29) is 29.9 Å². The number of amides is 2. The van der Waals surface area contributed by atoms with Crippen LogP contribution in [0, 0.1) is 28.6 Å². The predicted octanol–water partition coefficient (Wildman–Crippen LogP) is 7.02. The third kappa shape index (κ3) is 8.50. The summed E-state index contributed by atoms with van der Waals surface area (Å²) in [5.41, 5.74) is 2.53. The highest BCUT2D eigenvalue weighted by molar-refractivity contribution is 6.35. The van der Waals surface area contributed by atoms with Crippen LogP contribution in [-0.2, 0) is 34.3 Å². The number of allylic oxidation sites excluding steroid dienone is 1. The lowest BCUT2D eigenvalue weighted by Gasteiger charge is -2.59. The third-order valence-electron chi connectivity index (χ3n) is 13.8. The fraction of sp³-hybridized carbons (Fsp3) is 0.600. The molecule has 8 rings (SSSR count). The number of halogens is 2. The Bertz CT molecular complexity index is 1820. The minimum atomic E-state index is -1.13. The summed E-state index contributed by atoms with van der Waals surface area (Å²) in [5, 5.41) is 4.09. The van der Waals surface area contributed by atoms with E-state index in [1.807, 2.05) is 59.3 Å². The molecule has 11 nitrogen and oxygen atoms in total. The molecule has 0 aromatic heterocycles. The molecular formula is C45H58Cl2N4O7. The zero-order valence-corrected chi connectivity index (χ0v) is 35.2. The summed E-state index contributed by atoms with van der Waals surface area (Å²) in [7, 11) is 0. The number of fused-ring (bicyclic) bond motifs is 2. The fourth-order valence-electron chi connectivity index (χ4n) is 11.5. The van der Waals surface area contributed by atoms with E-state index in [0.717, 1.165) is 42.3 Å². The second-order valence-electron chi connectivity index (χ2n) is 17.3. The molecule has 2 heterocycles. The summed E-state index contributed by atoms with van der Waals surface area (Å²) in [4.78, 5) is 31.7. The van der Waals surface area contributed by atoms with Crippen molar-refractivity contribution in [3.8, 4) is 5.75 Å². The van der Waals surface area contributed by atoms with Crippen LogP contribution in [0.4, 0.5) is 5.69 Å². The Morgan fingerprint density at radius 3 is 2.55 bits per heavy atom. The van der Waals surface area contributed by atoms with Gasteiger partial charge in [-0.2, -0.15) is 0 Å². The molecule has 4 aliphatic carbocycles. The summed E-state index contributed by atoms with van der Waals surface area (Å²) in [6.45, 7) is 11.2. The number of hydrogen-bond acceptors (Lipinski definition) is 9. The second-order valence-corrected chi connectivity index (χ2v) is 18.1. The zero-order valence-electron chi connectivity index (χ0n) is 33.7. The van der Waals surface area contributed by atoms with E-state index in [4.69, 9.17) is 46.9 Å². The van der Waals surface area contributed by atoms with E-state index in [0.29, 0.717) is 86.7 Å². The van der Waals surface area contributed by atoms with Gasteiger partial charge in [0, 0.05) is 55.4 Å². The number of nitrogens with one attached hydrogen (secondary N) is 1. The Kier molecular flexibility index (Phi) is 12.7. The van der Waals surface area contributed by atoms with Gasteiger partial charge in [-0.25, -0.2) is 0 Å². The first-order chi connectivity index (χ1) is 28.1. The zero-order chi connectivity index (χ0) is 40.3. The SMILES string of the molecule is C=CN(/C=C\C)C[C@]1(c2ccc(Cl)cc2Cl)OC[C@H](COc2ccc(N3CCN(C(=O)COCCOCCNC(=O)CC45CC6CC7CC(C4)C5(C7)C6)CC3)cc2)O1. The maximum Gasteiger partial charge on any atom is 0.248 e. The molecule has 3 bridgehead atoms. The Morgan fingerprint density at radius 2 is 1.78 bits per heavy atom. The third-order valence-corrected chi connectivity index (χ3v) is 14.4. The molecule has 2 aliphatic heterocycles. The van der Waals surface area contributed by atoms with Gasteiger partial charge < -0.3 is 43.7 Å². The highest BCUT2D eigenvalue weighted by Crippen LogP contribution is 2.82. The number of carbonyl (C=O) groups is 2. The highest BCUT2D eigenvalue weighted by atomic mass is 35.5. The number of carbonyl (C=O) groups excluding carboxylic acids is 2. The van der Waals surface area contributed by atoms with Gasteiger partial charge in [0.05, 0.1) is 38.0 Å². The molecule has 314 valence electrons. The molecule has 2 aromatic rings. The Hall–Kier alpha value is -3.32. The summed E-state index contributed by atoms with van der Waals surface area (Å²) >= 11 is 12.8. The quantitative estimate of drug-likeness (QED) is 0.150. The van der Waals surface area contributed by atoms with E-state index in [9.17, 15) is 9.59 Å². The van der Waals surface area contributed by atoms with Crippen molar-refractivity contribution >= 4 is 40.7 Å². The topological polar surface area (TPSA) is 102 Å². The van der Waals surface area contributed by atoms with E-state index < -0.39 is 5.79 Å². The minimum Gasteiger partial charge on any atom is -0.491 e. The average molecular weight is 838 g/mol. The summed E-state index contributed by atoms with van der Waals surface area (Å²) < 4.78 is 30.3. The number of hydrogen-bond donors (Lipinski definition) is 1. The van der Waals surface area contributed by atoms with Gasteiger partial charge in [0.15, 0.2) is 0 Å². The van der Waals surface area contributed by atoms with Crippen LogP contribution in [0.1, 0.15) is 57.4 Å². The van der Waals surface area contributed by atoms with Crippen molar-refractivity contribution in [1.82, 2.24) is 15.1 Å². The molecule has 1 N–H and O–H groups in total. The molecule has 2 amide bonds. The van der Waals surface area contributed by atoms with Gasteiger partial charge in [-0.05, 0) is 123 Å². The summed E-state index contributed by atoms with van der Waals surface area (Å²) in [5.74, 6) is 2.44. The van der Waals surface area contributed by atoms with Crippen molar-refractivity contribution < 1.29 is 33.3 Å². The molecular weight excluding hydrogens is 779 g/mol. The first kappa shape index (κ1) is 41.4. The molecule has 58 heavy (non-hydrogen) atoms. The van der Waals surface area contributed by atoms with Crippen molar-refractivity contribution in [3.63, 3.8) is 0 Å². The molecule has 4 saturated carbocycles. The molecule has 0 radical (unpaired) electrons. The van der Waals surface area contributed by atoms with Crippen LogP contribution in [0.15, 0.2) is 67.5 Å². The van der Waals surface area contributed by atoms with Crippen LogP contribution in [0.3, 0.4) is 0 Å². The van der Waals surface area contributed by atoms with E-state index in [2.05, 4.69) is 16.8 Å². The van der Waals surface area contributed by atoms with Crippen LogP contribution < -0.4 is 15.0 Å². The largest absolute Gasteiger partial charge is 0.491 e. The monoisotopic (exact) mass is 836 g/mol. The number of anilines is 1. The molecule has 2 saturated heterocycles. The maximum absolute atomic E-state index is 12.9. The number of rotatable bonds is 19. The van der Waals surface area contributed by atoms with Crippen LogP contribution in [0.25, 0.3) is 0 Å². The number of piperazine rings is 1. The molecule has 13 heteroatoms. The van der Waals surface area contributed by atoms with Crippen LogP contribution >= 0.6 is 23.2 Å². The number of ether oxygens (including phenoxy) is 5. The first-order valence-electron chi connectivity index (χ1n) is 21.1. The molecule has 2 aromatic carbocycles. The first-order valence-corrected chi connectivity index (χ1v) is 21.8. The Morgan fingerprint density at radius 1 is 0.983 bits per heavy atom. The predicted molar refractivity (Wildman–Crippen MR) is 224 cm³/mol. The van der Waals surface area contributed by atoms with Gasteiger partial charge >= 0.3 is 0 Å². The van der Waals surface area contributed by atoms with E-state index in [1.165, 1.54) is 38.5 Å². The van der Waals surface area contributed by atoms with Crippen molar-refractivity contribution in [3.05, 3.63) is 83.1 Å². The lowest BCUT2D eigenvalue weighted by molar-refractivity contribution is -0.184. The van der Waals surface area contributed by atoms with Gasteiger partial charge in [0.1, 0.15) is 25.1 Å². The van der Waals surface area contributed by atoms with Crippen molar-refractivity contribution in [2.75, 3.05) is 83.8 Å². The molecule has 6 aliphatic rings. The second kappa shape index (κ2) is 17.7. The standard InChI is InChI=1S/C45H58Cl2N4O7/c1-3-12-49(4-2)31-45(39-10-5-35(46)22-40(39)47)57-29-38(58-45)28-56-37-8-6-36(7-9-37)50-13-15-51(16-14-50)42(53)30-55-19-18-54-17-11-48-41(52)27-43-23-33-20-32-21-34(26-43)44(43,24-32)25-33/h3-10,12,22,32-34,38H,2,11,13-21,23-31H2,1H3,(H,48,52)/b12-3-/t32?,33?,34?,38-,43?,44?,45-/m0/s1. The number of nitrogens with zero attached hydrogens (tertiary/aromatic N) is 3. The lowest BCUT2D eigenvalue weighted by Crippen LogP contribution is -2.54. The Balaban J connectivity index is 0.697. The lowest BCUT2D eigenvalue weighted by atomic mass is 9.45. The van der Waals surface area contributed by atoms with Crippen LogP contribution in [0.5, 0.6) is 5.75 Å². The van der Waals surface area contributed by atoms with Gasteiger partial charge in [-0.1, -0.05) is 41.9 Å². The smallest absolute Gasteiger partial charge is 0.248 e. The Labute approximate surface area is 352 Å². The molecule has 7 atom stereocenters. The molecule has 5 unspecified atom stereocenters. The minimum absolute atomic E-state index is 0.0165. The van der Waals surface area contributed by atoms with Crippen molar-refractivity contribution in [2.24, 2.45) is 28.6 Å². The normalized spacial score (nSPS) is 30.7. The van der Waals surface area contributed by atoms with Gasteiger partial charge in [-0.3, -0.25) is 9.59 Å². The van der Waals surface area contributed by atoms with Crippen molar-refractivity contribution in [2.45, 2.75) is 63.8 Å². The molecule has 1 spiro atoms. The maximum atomic E-state index is 12.9. The summed E-state index contributed by atoms with van der Waals surface area (Å²) in [6, 6.07) is 13.3. The van der Waals surface area contributed by atoms with E-state index >= 15 is 0 Å². The fourth-order valence-corrected chi connectivity index (χ4v) is 12.1. The highest BCUT2D eigenvalue weighted by Gasteiger charge is 2.74. The molecule has 6 fully saturated rings. The van der Waals surface area contributed by atoms with Crippen LogP contribution in [0.2, 0.25) is 10.0 Å². The van der Waals surface area contributed by atoms with Crippen molar-refractivity contribution in [1.29, 1.82) is 0 Å². The average Bonchev–Trinajstić information content (AvgIpc) is 3.78. The van der Waals surface area contributed by atoms with Gasteiger partial charge in [0.25, 0.3) is 0 Å². The summed E-state index contributed by atoms with van der Waals surface area (Å²) in [6.07, 6.45) is 14.0. The van der Waals surface area contributed by atoms with Gasteiger partial charge in [-0.15, -0.1) is 0 Å². The number of benzene rings is 2. The van der Waals surface area contributed by atoms with Crippen LogP contribution in [-0.4, -0.2) is 107 Å².